The minimum absolute atomic E-state index is 0.0512. The van der Waals surface area contributed by atoms with Crippen molar-refractivity contribution in [2.24, 2.45) is 17.6 Å². The van der Waals surface area contributed by atoms with Crippen LogP contribution in [0.2, 0.25) is 0 Å². The molecule has 5 nitrogen and oxygen atoms in total. The third-order valence-electron chi connectivity index (χ3n) is 5.42. The molecule has 0 aromatic heterocycles. The van der Waals surface area contributed by atoms with Gasteiger partial charge in [-0.05, 0) is 38.1 Å². The summed E-state index contributed by atoms with van der Waals surface area (Å²) in [7, 11) is 0. The van der Waals surface area contributed by atoms with Crippen molar-refractivity contribution in [2.75, 3.05) is 37.7 Å². The Morgan fingerprint density at radius 1 is 1.00 bits per heavy atom. The summed E-state index contributed by atoms with van der Waals surface area (Å²) in [6.45, 7) is 2.99. The highest BCUT2D eigenvalue weighted by molar-refractivity contribution is 7.99. The maximum absolute atomic E-state index is 12.9. The fourth-order valence-electron chi connectivity index (χ4n) is 4.14. The van der Waals surface area contributed by atoms with Crippen molar-refractivity contribution in [1.29, 1.82) is 0 Å². The first kappa shape index (κ1) is 16.1. The normalized spacial score (nSPS) is 32.5. The van der Waals surface area contributed by atoms with E-state index in [-0.39, 0.29) is 23.8 Å². The summed E-state index contributed by atoms with van der Waals surface area (Å²) >= 11 is 1.90. The van der Waals surface area contributed by atoms with Crippen LogP contribution in [0.15, 0.2) is 0 Å². The molecule has 3 aliphatic rings. The minimum Gasteiger partial charge on any atom is -0.339 e. The number of hydrogen-bond donors (Lipinski definition) is 1. The first-order chi connectivity index (χ1) is 10.7. The van der Waals surface area contributed by atoms with Crippen LogP contribution >= 0.6 is 11.8 Å². The van der Waals surface area contributed by atoms with Gasteiger partial charge < -0.3 is 15.5 Å². The molecule has 1 saturated carbocycles. The lowest BCUT2D eigenvalue weighted by Gasteiger charge is -2.34. The molecular weight excluding hydrogens is 298 g/mol. The summed E-state index contributed by atoms with van der Waals surface area (Å²) in [6, 6.07) is -0.213. The van der Waals surface area contributed by atoms with Gasteiger partial charge in [-0.2, -0.15) is 11.8 Å². The summed E-state index contributed by atoms with van der Waals surface area (Å²) in [6.07, 6.45) is 4.87. The van der Waals surface area contributed by atoms with Crippen molar-refractivity contribution < 1.29 is 9.59 Å². The lowest BCUT2D eigenvalue weighted by atomic mass is 9.94. The topological polar surface area (TPSA) is 66.6 Å². The van der Waals surface area contributed by atoms with Crippen LogP contribution in [0.3, 0.4) is 0 Å². The van der Waals surface area contributed by atoms with Gasteiger partial charge in [-0.25, -0.2) is 0 Å². The van der Waals surface area contributed by atoms with Crippen LogP contribution in [0.4, 0.5) is 0 Å². The maximum atomic E-state index is 12.9. The Hall–Kier alpha value is -0.750. The molecule has 3 atom stereocenters. The van der Waals surface area contributed by atoms with Gasteiger partial charge >= 0.3 is 0 Å². The number of hydrogen-bond acceptors (Lipinski definition) is 4. The van der Waals surface area contributed by atoms with E-state index in [9.17, 15) is 9.59 Å². The summed E-state index contributed by atoms with van der Waals surface area (Å²) in [5.41, 5.74) is 5.82. The predicted octanol–water partition coefficient (Wildman–Crippen LogP) is 0.928. The van der Waals surface area contributed by atoms with Crippen LogP contribution in [-0.4, -0.2) is 65.3 Å². The largest absolute Gasteiger partial charge is 0.339 e. The van der Waals surface area contributed by atoms with E-state index in [0.717, 1.165) is 63.2 Å². The average molecular weight is 325 g/mol. The number of likely N-dealkylation sites (tertiary alicyclic amines) is 1. The molecule has 0 spiro atoms. The van der Waals surface area contributed by atoms with Gasteiger partial charge in [-0.15, -0.1) is 0 Å². The minimum atomic E-state index is -0.213. The first-order valence-corrected chi connectivity index (χ1v) is 9.75. The molecule has 6 heteroatoms. The summed E-state index contributed by atoms with van der Waals surface area (Å²) < 4.78 is 0. The van der Waals surface area contributed by atoms with E-state index in [4.69, 9.17) is 5.73 Å². The third-order valence-corrected chi connectivity index (χ3v) is 6.37. The van der Waals surface area contributed by atoms with E-state index in [1.54, 1.807) is 0 Å². The fourth-order valence-corrected chi connectivity index (χ4v) is 5.04. The highest BCUT2D eigenvalue weighted by Gasteiger charge is 2.42. The van der Waals surface area contributed by atoms with Crippen molar-refractivity contribution in [3.8, 4) is 0 Å². The number of thioether (sulfide) groups is 1. The molecule has 3 fully saturated rings. The molecule has 2 saturated heterocycles. The van der Waals surface area contributed by atoms with Crippen molar-refractivity contribution in [3.05, 3.63) is 0 Å². The summed E-state index contributed by atoms with van der Waals surface area (Å²) in [5.74, 6) is 2.77. The highest BCUT2D eigenvalue weighted by Crippen LogP contribution is 2.34. The van der Waals surface area contributed by atoms with Crippen LogP contribution in [0, 0.1) is 11.8 Å². The van der Waals surface area contributed by atoms with Gasteiger partial charge in [0.05, 0.1) is 0 Å². The predicted molar refractivity (Wildman–Crippen MR) is 88.5 cm³/mol. The van der Waals surface area contributed by atoms with E-state index in [1.807, 2.05) is 21.6 Å². The number of nitrogens with two attached hydrogens (primary N) is 1. The molecule has 1 unspecified atom stereocenters. The molecule has 0 bridgehead atoms. The van der Waals surface area contributed by atoms with Crippen LogP contribution in [0.25, 0.3) is 0 Å². The zero-order chi connectivity index (χ0) is 15.5. The highest BCUT2D eigenvalue weighted by atomic mass is 32.2. The first-order valence-electron chi connectivity index (χ1n) is 8.59. The molecule has 2 amide bonds. The number of carbonyl (C=O) groups is 2. The average Bonchev–Trinajstić information content (AvgIpc) is 3.23. The van der Waals surface area contributed by atoms with Crippen molar-refractivity contribution >= 4 is 23.6 Å². The summed E-state index contributed by atoms with van der Waals surface area (Å²) in [4.78, 5) is 29.5. The lowest BCUT2D eigenvalue weighted by Crippen LogP contribution is -2.51. The standard InChI is InChI=1S/C16H27N3O2S/c17-11-12-3-1-4-13(12)15(20)19-6-2-5-14(19)16(21)18-7-9-22-10-8-18/h12-14H,1-11,17H2/t12-,13-,14?/m1/s1. The fraction of sp³-hybridized carbons (Fsp3) is 0.875. The molecule has 0 aromatic carbocycles. The van der Waals surface area contributed by atoms with Gasteiger partial charge in [0.1, 0.15) is 6.04 Å². The Morgan fingerprint density at radius 3 is 2.50 bits per heavy atom. The van der Waals surface area contributed by atoms with E-state index >= 15 is 0 Å². The van der Waals surface area contributed by atoms with Crippen LogP contribution in [0.1, 0.15) is 32.1 Å². The number of nitrogens with zero attached hydrogens (tertiary/aromatic N) is 2. The second kappa shape index (κ2) is 7.21. The van der Waals surface area contributed by atoms with Crippen LogP contribution in [0.5, 0.6) is 0 Å². The number of carbonyl (C=O) groups excluding carboxylic acids is 2. The molecule has 0 radical (unpaired) electrons. The quantitative estimate of drug-likeness (QED) is 0.838. The van der Waals surface area contributed by atoms with E-state index in [1.165, 1.54) is 0 Å². The Labute approximate surface area is 137 Å². The number of amides is 2. The monoisotopic (exact) mass is 325 g/mol. The molecular formula is C16H27N3O2S. The van der Waals surface area contributed by atoms with Crippen LogP contribution in [-0.2, 0) is 9.59 Å². The molecule has 0 aromatic rings. The van der Waals surface area contributed by atoms with Gasteiger partial charge in [0.25, 0.3) is 0 Å². The second-order valence-corrected chi connectivity index (χ2v) is 7.89. The molecule has 3 rings (SSSR count). The van der Waals surface area contributed by atoms with Crippen LogP contribution < -0.4 is 5.73 Å². The van der Waals surface area contributed by atoms with Crippen molar-refractivity contribution in [2.45, 2.75) is 38.1 Å². The third kappa shape index (κ3) is 3.13. The zero-order valence-electron chi connectivity index (χ0n) is 13.2. The van der Waals surface area contributed by atoms with Gasteiger partial charge in [0.2, 0.25) is 11.8 Å². The van der Waals surface area contributed by atoms with Crippen molar-refractivity contribution in [1.82, 2.24) is 9.80 Å². The van der Waals surface area contributed by atoms with E-state index in [0.29, 0.717) is 12.5 Å². The Morgan fingerprint density at radius 2 is 1.77 bits per heavy atom. The molecule has 1 aliphatic carbocycles. The van der Waals surface area contributed by atoms with E-state index in [2.05, 4.69) is 0 Å². The Balaban J connectivity index is 1.67. The lowest BCUT2D eigenvalue weighted by molar-refractivity contribution is -0.146. The Bertz CT molecular complexity index is 426. The van der Waals surface area contributed by atoms with Gasteiger partial charge in [-0.3, -0.25) is 9.59 Å². The molecule has 2 N–H and O–H groups in total. The molecule has 124 valence electrons. The van der Waals surface area contributed by atoms with Gasteiger partial charge in [0, 0.05) is 37.1 Å². The van der Waals surface area contributed by atoms with E-state index < -0.39 is 0 Å². The number of rotatable bonds is 3. The second-order valence-electron chi connectivity index (χ2n) is 6.66. The zero-order valence-corrected chi connectivity index (χ0v) is 14.0. The molecule has 2 aliphatic heterocycles. The maximum Gasteiger partial charge on any atom is 0.245 e. The molecule has 22 heavy (non-hydrogen) atoms. The van der Waals surface area contributed by atoms with Gasteiger partial charge in [-0.1, -0.05) is 6.42 Å². The summed E-state index contributed by atoms with van der Waals surface area (Å²) in [5, 5.41) is 0. The van der Waals surface area contributed by atoms with Crippen molar-refractivity contribution in [3.63, 3.8) is 0 Å². The van der Waals surface area contributed by atoms with Gasteiger partial charge in [0.15, 0.2) is 0 Å². The smallest absolute Gasteiger partial charge is 0.245 e. The SMILES string of the molecule is NC[C@H]1CCC[C@H]1C(=O)N1CCCC1C(=O)N1CCSCC1. The Kier molecular flexibility index (Phi) is 5.29. The molecule has 2 heterocycles.